The summed E-state index contributed by atoms with van der Waals surface area (Å²) in [4.78, 5) is 17.3. The summed E-state index contributed by atoms with van der Waals surface area (Å²) in [6.07, 6.45) is 2.69. The summed E-state index contributed by atoms with van der Waals surface area (Å²) in [6.45, 7) is 1.32. The quantitative estimate of drug-likeness (QED) is 0.230. The van der Waals surface area contributed by atoms with Crippen LogP contribution in [0.3, 0.4) is 0 Å². The van der Waals surface area contributed by atoms with Crippen LogP contribution in [0.2, 0.25) is 0 Å². The van der Waals surface area contributed by atoms with E-state index < -0.39 is 0 Å². The average Bonchev–Trinajstić information content (AvgIpc) is 3.21. The number of rotatable bonds is 7. The van der Waals surface area contributed by atoms with Gasteiger partial charge < -0.3 is 15.8 Å². The number of hydrogen-bond acceptors (Lipinski definition) is 5. The highest BCUT2D eigenvalue weighted by atomic mass is 32.2. The van der Waals surface area contributed by atoms with Crippen LogP contribution in [0.4, 0.5) is 10.1 Å². The Hall–Kier alpha value is -3.62. The summed E-state index contributed by atoms with van der Waals surface area (Å²) in [7, 11) is 1.60. The number of nitrogens with two attached hydrogens (primary N) is 1. The fourth-order valence-corrected chi connectivity index (χ4v) is 4.52. The van der Waals surface area contributed by atoms with Gasteiger partial charge in [0, 0.05) is 36.6 Å². The minimum Gasteiger partial charge on any atom is -0.496 e. The number of hydrogen-bond donors (Lipinski definition) is 2. The summed E-state index contributed by atoms with van der Waals surface area (Å²) in [5.41, 5.74) is 9.42. The zero-order valence-corrected chi connectivity index (χ0v) is 18.8. The zero-order valence-electron chi connectivity index (χ0n) is 18.0. The van der Waals surface area contributed by atoms with Gasteiger partial charge in [-0.25, -0.2) is 13.7 Å². The molecule has 4 rings (SSSR count). The first-order valence-electron chi connectivity index (χ1n) is 10.3. The number of benzene rings is 3. The van der Waals surface area contributed by atoms with Crippen LogP contribution in [-0.2, 0) is 17.9 Å². The Bertz CT molecular complexity index is 1210. The van der Waals surface area contributed by atoms with Gasteiger partial charge in [0.25, 0.3) is 0 Å². The molecule has 0 aliphatic carbocycles. The largest absolute Gasteiger partial charge is 0.496 e. The van der Waals surface area contributed by atoms with E-state index in [0.717, 1.165) is 21.6 Å². The SMILES string of the molecule is COc1ccc(NC(=O)/C=C/N=C(N)c2ccccc2)cc1SN1Cc2ccc(F)cc2C1. The van der Waals surface area contributed by atoms with E-state index in [1.807, 2.05) is 42.5 Å². The predicted molar refractivity (Wildman–Crippen MR) is 129 cm³/mol. The van der Waals surface area contributed by atoms with E-state index in [4.69, 9.17) is 10.5 Å². The summed E-state index contributed by atoms with van der Waals surface area (Å²) in [5.74, 6) is 0.459. The van der Waals surface area contributed by atoms with E-state index >= 15 is 0 Å². The van der Waals surface area contributed by atoms with Crippen LogP contribution in [0.5, 0.6) is 5.75 Å². The van der Waals surface area contributed by atoms with Crippen LogP contribution in [0.25, 0.3) is 0 Å². The molecule has 0 spiro atoms. The van der Waals surface area contributed by atoms with Crippen molar-refractivity contribution < 1.29 is 13.9 Å². The fraction of sp³-hybridized carbons (Fsp3) is 0.120. The van der Waals surface area contributed by atoms with Crippen LogP contribution < -0.4 is 15.8 Å². The Morgan fingerprint density at radius 2 is 1.91 bits per heavy atom. The second-order valence-corrected chi connectivity index (χ2v) is 8.49. The number of aliphatic imine (C=N–C) groups is 1. The van der Waals surface area contributed by atoms with Crippen molar-refractivity contribution in [1.82, 2.24) is 4.31 Å². The number of amidine groups is 1. The Morgan fingerprint density at radius 3 is 2.70 bits per heavy atom. The number of methoxy groups -OCH3 is 1. The molecule has 1 amide bonds. The highest BCUT2D eigenvalue weighted by Crippen LogP contribution is 2.38. The minimum atomic E-state index is -0.329. The first kappa shape index (κ1) is 22.6. The molecule has 8 heteroatoms. The molecule has 168 valence electrons. The van der Waals surface area contributed by atoms with Crippen LogP contribution in [0, 0.1) is 5.82 Å². The number of carbonyl (C=O) groups excluding carboxylic acids is 1. The molecular formula is C25H23FN4O2S. The number of ether oxygens (including phenoxy) is 1. The topological polar surface area (TPSA) is 79.9 Å². The van der Waals surface area contributed by atoms with Crippen LogP contribution in [0.1, 0.15) is 16.7 Å². The van der Waals surface area contributed by atoms with Crippen LogP contribution in [-0.4, -0.2) is 23.2 Å². The van der Waals surface area contributed by atoms with Crippen molar-refractivity contribution in [3.8, 4) is 5.75 Å². The number of amides is 1. The van der Waals surface area contributed by atoms with Gasteiger partial charge in [-0.05, 0) is 53.4 Å². The fourth-order valence-electron chi connectivity index (χ4n) is 3.41. The lowest BCUT2D eigenvalue weighted by atomic mass is 10.1. The van der Waals surface area contributed by atoms with E-state index in [2.05, 4.69) is 14.6 Å². The smallest absolute Gasteiger partial charge is 0.249 e. The highest BCUT2D eigenvalue weighted by Gasteiger charge is 2.21. The molecule has 3 aromatic carbocycles. The number of anilines is 1. The molecule has 3 aromatic rings. The molecule has 0 bridgehead atoms. The first-order valence-corrected chi connectivity index (χ1v) is 11.0. The summed E-state index contributed by atoms with van der Waals surface area (Å²) >= 11 is 1.50. The number of nitrogens with one attached hydrogen (secondary N) is 1. The van der Waals surface area contributed by atoms with Gasteiger partial charge in [0.05, 0.1) is 12.0 Å². The highest BCUT2D eigenvalue weighted by molar-refractivity contribution is 7.97. The number of carbonyl (C=O) groups is 1. The maximum Gasteiger partial charge on any atom is 0.249 e. The van der Waals surface area contributed by atoms with E-state index in [0.29, 0.717) is 30.4 Å². The van der Waals surface area contributed by atoms with Gasteiger partial charge in [-0.3, -0.25) is 4.79 Å². The average molecular weight is 463 g/mol. The van der Waals surface area contributed by atoms with Crippen molar-refractivity contribution in [2.75, 3.05) is 12.4 Å². The third-order valence-corrected chi connectivity index (χ3v) is 6.06. The Labute approximate surface area is 196 Å². The molecule has 0 saturated carbocycles. The normalized spacial score (nSPS) is 13.8. The molecule has 6 nitrogen and oxygen atoms in total. The Morgan fingerprint density at radius 1 is 1.12 bits per heavy atom. The molecular weight excluding hydrogens is 439 g/mol. The van der Waals surface area contributed by atoms with E-state index in [1.54, 1.807) is 25.3 Å². The van der Waals surface area contributed by atoms with E-state index in [1.165, 1.54) is 30.3 Å². The van der Waals surface area contributed by atoms with Crippen LogP contribution in [0.15, 0.2) is 88.9 Å². The number of halogens is 1. The third kappa shape index (κ3) is 5.79. The maximum atomic E-state index is 13.5. The zero-order chi connectivity index (χ0) is 23.2. The van der Waals surface area contributed by atoms with Crippen molar-refractivity contribution in [2.24, 2.45) is 10.7 Å². The lowest BCUT2D eigenvalue weighted by molar-refractivity contribution is -0.111. The van der Waals surface area contributed by atoms with Crippen molar-refractivity contribution in [1.29, 1.82) is 0 Å². The molecule has 1 aliphatic rings. The van der Waals surface area contributed by atoms with E-state index in [-0.39, 0.29) is 11.7 Å². The maximum absolute atomic E-state index is 13.5. The first-order chi connectivity index (χ1) is 16.0. The number of fused-ring (bicyclic) bond motifs is 1. The molecule has 0 aromatic heterocycles. The lowest BCUT2D eigenvalue weighted by Gasteiger charge is -2.17. The van der Waals surface area contributed by atoms with Crippen molar-refractivity contribution >= 4 is 29.4 Å². The predicted octanol–water partition coefficient (Wildman–Crippen LogP) is 4.71. The van der Waals surface area contributed by atoms with Gasteiger partial charge in [0.15, 0.2) is 0 Å². The number of nitrogens with zero attached hydrogens (tertiary/aromatic N) is 2. The molecule has 0 atom stereocenters. The van der Waals surface area contributed by atoms with Gasteiger partial charge in [-0.2, -0.15) is 0 Å². The van der Waals surface area contributed by atoms with Gasteiger partial charge in [-0.1, -0.05) is 36.4 Å². The van der Waals surface area contributed by atoms with Gasteiger partial charge in [0.2, 0.25) is 5.91 Å². The minimum absolute atomic E-state index is 0.231. The summed E-state index contributed by atoms with van der Waals surface area (Å²) in [5, 5.41) is 2.82. The van der Waals surface area contributed by atoms with Crippen LogP contribution >= 0.6 is 11.9 Å². The second kappa shape index (κ2) is 10.3. The van der Waals surface area contributed by atoms with Gasteiger partial charge in [0.1, 0.15) is 17.4 Å². The molecule has 0 radical (unpaired) electrons. The summed E-state index contributed by atoms with van der Waals surface area (Å²) in [6, 6.07) is 19.6. The molecule has 3 N–H and O–H groups in total. The summed E-state index contributed by atoms with van der Waals surface area (Å²) < 4.78 is 21.1. The molecule has 0 saturated heterocycles. The molecule has 33 heavy (non-hydrogen) atoms. The van der Waals surface area contributed by atoms with Crippen molar-refractivity contribution in [3.05, 3.63) is 102 Å². The van der Waals surface area contributed by atoms with E-state index in [9.17, 15) is 9.18 Å². The Balaban J connectivity index is 1.41. The lowest BCUT2D eigenvalue weighted by Crippen LogP contribution is -2.12. The molecule has 1 aliphatic heterocycles. The standard InChI is InChI=1S/C25H23FN4O2S/c1-32-22-10-9-21(29-24(31)11-12-28-25(27)17-5-3-2-4-6-17)14-23(22)33-30-15-18-7-8-20(26)13-19(18)16-30/h2-14H,15-16H2,1H3,(H2,27,28)(H,29,31)/b12-11+. The Kier molecular flexibility index (Phi) is 7.07. The van der Waals surface area contributed by atoms with Gasteiger partial charge >= 0.3 is 0 Å². The van der Waals surface area contributed by atoms with Gasteiger partial charge in [-0.15, -0.1) is 0 Å². The monoisotopic (exact) mass is 462 g/mol. The molecule has 0 unspecified atom stereocenters. The second-order valence-electron chi connectivity index (χ2n) is 7.35. The van der Waals surface area contributed by atoms with Crippen molar-refractivity contribution in [3.63, 3.8) is 0 Å². The van der Waals surface area contributed by atoms with Crippen molar-refractivity contribution in [2.45, 2.75) is 18.0 Å². The molecule has 1 heterocycles. The third-order valence-electron chi connectivity index (χ3n) is 5.03. The molecule has 0 fully saturated rings.